The molecule has 0 amide bonds. The van der Waals surface area contributed by atoms with Crippen LogP contribution in [0.25, 0.3) is 0 Å². The number of hydrogen-bond acceptors (Lipinski definition) is 1. The molecule has 0 bridgehead atoms. The molecule has 1 aliphatic carbocycles. The number of halogens is 1. The minimum atomic E-state index is -0.214. The van der Waals surface area contributed by atoms with Gasteiger partial charge in [0.2, 0.25) is 0 Å². The molecule has 2 aromatic rings. The fraction of sp³-hybridized carbons (Fsp3) is 0.316. The van der Waals surface area contributed by atoms with Crippen molar-refractivity contribution >= 4 is 5.78 Å². The number of aryl methyl sites for hydroxylation is 2. The van der Waals surface area contributed by atoms with Crippen LogP contribution in [-0.2, 0) is 12.8 Å². The first-order chi connectivity index (χ1) is 10.1. The molecule has 108 valence electrons. The predicted molar refractivity (Wildman–Crippen MR) is 82.0 cm³/mol. The molecule has 0 aliphatic heterocycles. The Labute approximate surface area is 124 Å². The number of carbonyl (C=O) groups is 1. The molecule has 0 saturated heterocycles. The van der Waals surface area contributed by atoms with Crippen LogP contribution in [0.15, 0.2) is 42.5 Å². The van der Waals surface area contributed by atoms with Gasteiger partial charge in [0.1, 0.15) is 5.82 Å². The smallest absolute Gasteiger partial charge is 0.166 e. The number of carbonyl (C=O) groups excluding carboxylic acids is 1. The number of rotatable bonds is 2. The molecule has 1 nitrogen and oxygen atoms in total. The van der Waals surface area contributed by atoms with Crippen LogP contribution in [0.1, 0.15) is 39.9 Å². The highest BCUT2D eigenvalue weighted by atomic mass is 19.1. The molecule has 2 heteroatoms. The topological polar surface area (TPSA) is 17.1 Å². The van der Waals surface area contributed by atoms with Gasteiger partial charge in [-0.1, -0.05) is 30.3 Å². The number of benzene rings is 2. The fourth-order valence-electron chi connectivity index (χ4n) is 3.22. The lowest BCUT2D eigenvalue weighted by Crippen LogP contribution is -2.17. The van der Waals surface area contributed by atoms with Crippen molar-refractivity contribution in [3.8, 4) is 0 Å². The van der Waals surface area contributed by atoms with Crippen molar-refractivity contribution in [3.05, 3.63) is 70.5 Å². The molecule has 0 radical (unpaired) electrons. The molecule has 2 aromatic carbocycles. The second kappa shape index (κ2) is 5.80. The van der Waals surface area contributed by atoms with Gasteiger partial charge < -0.3 is 0 Å². The van der Waals surface area contributed by atoms with Gasteiger partial charge in [-0.3, -0.25) is 4.79 Å². The van der Waals surface area contributed by atoms with Crippen LogP contribution in [0.5, 0.6) is 0 Å². The lowest BCUT2D eigenvalue weighted by molar-refractivity contribution is 0.0915. The zero-order valence-corrected chi connectivity index (χ0v) is 12.2. The second-order valence-corrected chi connectivity index (χ2v) is 5.89. The van der Waals surface area contributed by atoms with Crippen molar-refractivity contribution in [3.63, 3.8) is 0 Å². The molecule has 0 N–H and O–H groups in total. The Morgan fingerprint density at radius 1 is 1.19 bits per heavy atom. The zero-order chi connectivity index (χ0) is 14.8. The summed E-state index contributed by atoms with van der Waals surface area (Å²) in [6.07, 6.45) is 3.62. The van der Waals surface area contributed by atoms with E-state index < -0.39 is 0 Å². The van der Waals surface area contributed by atoms with E-state index >= 15 is 0 Å². The third kappa shape index (κ3) is 2.90. The molecule has 0 saturated carbocycles. The van der Waals surface area contributed by atoms with Crippen molar-refractivity contribution in [1.82, 2.24) is 0 Å². The first-order valence-corrected chi connectivity index (χ1v) is 7.52. The highest BCUT2D eigenvalue weighted by molar-refractivity contribution is 5.99. The summed E-state index contributed by atoms with van der Waals surface area (Å²) in [5.74, 6) is 0.0402. The molecular formula is C19H19FO. The summed E-state index contributed by atoms with van der Waals surface area (Å²) in [5.41, 5.74) is 4.05. The molecule has 0 aromatic heterocycles. The van der Waals surface area contributed by atoms with E-state index in [-0.39, 0.29) is 17.5 Å². The van der Waals surface area contributed by atoms with Crippen LogP contribution in [-0.4, -0.2) is 5.78 Å². The molecule has 0 heterocycles. The van der Waals surface area contributed by atoms with Crippen molar-refractivity contribution in [2.45, 2.75) is 32.6 Å². The van der Waals surface area contributed by atoms with E-state index in [1.165, 1.54) is 11.6 Å². The lowest BCUT2D eigenvalue weighted by atomic mass is 9.88. The van der Waals surface area contributed by atoms with Crippen LogP contribution in [0.2, 0.25) is 0 Å². The summed E-state index contributed by atoms with van der Waals surface area (Å²) >= 11 is 0. The Hall–Kier alpha value is -1.96. The summed E-state index contributed by atoms with van der Waals surface area (Å²) in [7, 11) is 0. The predicted octanol–water partition coefficient (Wildman–Crippen LogP) is 4.51. The van der Waals surface area contributed by atoms with Gasteiger partial charge in [-0.15, -0.1) is 0 Å². The van der Waals surface area contributed by atoms with E-state index in [1.807, 2.05) is 31.2 Å². The molecule has 3 rings (SSSR count). The van der Waals surface area contributed by atoms with Gasteiger partial charge in [-0.2, -0.15) is 0 Å². The number of ketones is 1. The van der Waals surface area contributed by atoms with Gasteiger partial charge in [0.25, 0.3) is 0 Å². The van der Waals surface area contributed by atoms with E-state index in [0.717, 1.165) is 36.0 Å². The van der Waals surface area contributed by atoms with Crippen molar-refractivity contribution < 1.29 is 9.18 Å². The molecule has 1 unspecified atom stereocenters. The summed E-state index contributed by atoms with van der Waals surface area (Å²) in [6, 6.07) is 12.8. The summed E-state index contributed by atoms with van der Waals surface area (Å²) in [6.45, 7) is 1.91. The first kappa shape index (κ1) is 14.0. The Kier molecular flexibility index (Phi) is 3.87. The number of fused-ring (bicyclic) bond motifs is 1. The zero-order valence-electron chi connectivity index (χ0n) is 12.2. The molecular weight excluding hydrogens is 263 g/mol. The van der Waals surface area contributed by atoms with E-state index in [9.17, 15) is 9.18 Å². The maximum atomic E-state index is 13.2. The van der Waals surface area contributed by atoms with Crippen molar-refractivity contribution in [1.29, 1.82) is 0 Å². The Morgan fingerprint density at radius 3 is 2.81 bits per heavy atom. The van der Waals surface area contributed by atoms with Crippen LogP contribution in [0.4, 0.5) is 4.39 Å². The van der Waals surface area contributed by atoms with Gasteiger partial charge in [-0.25, -0.2) is 4.39 Å². The third-order valence-electron chi connectivity index (χ3n) is 4.42. The monoisotopic (exact) mass is 282 g/mol. The highest BCUT2D eigenvalue weighted by Gasteiger charge is 2.25. The maximum absolute atomic E-state index is 13.2. The van der Waals surface area contributed by atoms with E-state index in [2.05, 4.69) is 6.07 Å². The average Bonchev–Trinajstić information content (AvgIpc) is 2.63. The van der Waals surface area contributed by atoms with Crippen molar-refractivity contribution in [2.75, 3.05) is 0 Å². The summed E-state index contributed by atoms with van der Waals surface area (Å²) in [5, 5.41) is 0. The van der Waals surface area contributed by atoms with Crippen molar-refractivity contribution in [2.24, 2.45) is 5.92 Å². The second-order valence-electron chi connectivity index (χ2n) is 5.89. The van der Waals surface area contributed by atoms with Gasteiger partial charge >= 0.3 is 0 Å². The lowest BCUT2D eigenvalue weighted by Gasteiger charge is -2.15. The molecule has 0 spiro atoms. The number of Topliss-reactive ketones (excluding diaryl/α,β-unsaturated/α-hetero) is 1. The highest BCUT2D eigenvalue weighted by Crippen LogP contribution is 2.28. The SMILES string of the molecule is Cc1cc(F)ccc1CC1CCCc2ccccc2C1=O. The normalized spacial score (nSPS) is 18.2. The van der Waals surface area contributed by atoms with E-state index in [4.69, 9.17) is 0 Å². The number of hydrogen-bond donors (Lipinski definition) is 0. The summed E-state index contributed by atoms with van der Waals surface area (Å²) in [4.78, 5) is 12.7. The largest absolute Gasteiger partial charge is 0.294 e. The first-order valence-electron chi connectivity index (χ1n) is 7.52. The molecule has 1 atom stereocenters. The standard InChI is InChI=1S/C19H19FO/c1-13-11-17(20)10-9-15(13)12-16-7-4-6-14-5-2-3-8-18(14)19(16)21/h2-3,5,8-11,16H,4,6-7,12H2,1H3. The summed E-state index contributed by atoms with van der Waals surface area (Å²) < 4.78 is 13.2. The molecule has 1 aliphatic rings. The van der Waals surface area contributed by atoms with Gasteiger partial charge in [0.05, 0.1) is 0 Å². The minimum Gasteiger partial charge on any atom is -0.294 e. The fourth-order valence-corrected chi connectivity index (χ4v) is 3.22. The van der Waals surface area contributed by atoms with Crippen LogP contribution >= 0.6 is 0 Å². The van der Waals surface area contributed by atoms with Crippen LogP contribution in [0, 0.1) is 18.7 Å². The van der Waals surface area contributed by atoms with Gasteiger partial charge in [0.15, 0.2) is 5.78 Å². The minimum absolute atomic E-state index is 0.0119. The Bertz CT molecular complexity index is 675. The average molecular weight is 282 g/mol. The van der Waals surface area contributed by atoms with Crippen LogP contribution in [0.3, 0.4) is 0 Å². The van der Waals surface area contributed by atoms with Gasteiger partial charge in [-0.05, 0) is 61.4 Å². The molecule has 0 fully saturated rings. The third-order valence-corrected chi connectivity index (χ3v) is 4.42. The Balaban J connectivity index is 1.87. The van der Waals surface area contributed by atoms with Gasteiger partial charge in [0, 0.05) is 11.5 Å². The quantitative estimate of drug-likeness (QED) is 0.741. The van der Waals surface area contributed by atoms with Crippen LogP contribution < -0.4 is 0 Å². The maximum Gasteiger partial charge on any atom is 0.166 e. The van der Waals surface area contributed by atoms with E-state index in [1.54, 1.807) is 6.07 Å². The van der Waals surface area contributed by atoms with E-state index in [0.29, 0.717) is 6.42 Å². The Morgan fingerprint density at radius 2 is 2.00 bits per heavy atom. The molecule has 21 heavy (non-hydrogen) atoms.